The Kier molecular flexibility index (Phi) is 14.3. The summed E-state index contributed by atoms with van der Waals surface area (Å²) in [5, 5.41) is 5.55. The summed E-state index contributed by atoms with van der Waals surface area (Å²) in [4.78, 5) is 0. The predicted octanol–water partition coefficient (Wildman–Crippen LogP) is 5.66. The Morgan fingerprint density at radius 1 is 0.630 bits per heavy atom. The molecule has 0 aliphatic heterocycles. The van der Waals surface area contributed by atoms with Crippen LogP contribution >= 0.6 is 0 Å². The second kappa shape index (κ2) is 16.6. The zero-order valence-electron chi connectivity index (χ0n) is 29.2. The number of rotatable bonds is 2. The van der Waals surface area contributed by atoms with Gasteiger partial charge in [-0.2, -0.15) is 6.08 Å². The normalized spacial score (nSPS) is 12.1. The molecule has 0 bridgehead atoms. The summed E-state index contributed by atoms with van der Waals surface area (Å²) in [6, 6.07) is 29.5. The minimum atomic E-state index is 0. The maximum Gasteiger partial charge on any atom is -0.109 e. The van der Waals surface area contributed by atoms with E-state index < -0.39 is 0 Å². The van der Waals surface area contributed by atoms with Crippen LogP contribution in [0, 0.1) is 33.8 Å². The smallest absolute Gasteiger partial charge is 0.109 e. The Hall–Kier alpha value is -2.44. The van der Waals surface area contributed by atoms with Gasteiger partial charge in [0.2, 0.25) is 0 Å². The number of allylic oxidation sites excluding steroid dienone is 4. The molecule has 5 aromatic carbocycles. The molecule has 0 amide bonds. The Morgan fingerprint density at radius 2 is 1.02 bits per heavy atom. The van der Waals surface area contributed by atoms with E-state index in [2.05, 4.69) is 160 Å². The third kappa shape index (κ3) is 10.0. The van der Waals surface area contributed by atoms with E-state index in [0.717, 1.165) is 6.42 Å². The quantitative estimate of drug-likeness (QED) is 0.206. The fourth-order valence-corrected chi connectivity index (χ4v) is 6.72. The van der Waals surface area contributed by atoms with Crippen molar-refractivity contribution in [1.82, 2.24) is 0 Å². The van der Waals surface area contributed by atoms with Crippen LogP contribution in [0.3, 0.4) is 0 Å². The van der Waals surface area contributed by atoms with Crippen molar-refractivity contribution in [2.24, 2.45) is 0 Å². The fraction of sp³-hybridized carbons (Fsp3) is 0.302. The number of hydrogen-bond donors (Lipinski definition) is 0. The van der Waals surface area contributed by atoms with Gasteiger partial charge in [0.15, 0.2) is 0 Å². The SMILES string of the molecule is Cc1cc2[cH-]c3cc(C)c(C(C)(C)C)cc3c2cc1C(C)(C)C.Cc1ccc([C](=[Zr+2])c2ccc(C)cc2)cc1.[C-]1=CC=CC1.[Cl-].[Cl-]. The van der Waals surface area contributed by atoms with Crippen LogP contribution in [0.25, 0.3) is 21.5 Å². The summed E-state index contributed by atoms with van der Waals surface area (Å²) in [6.07, 6.45) is 10.0. The van der Waals surface area contributed by atoms with E-state index in [1.807, 2.05) is 12.2 Å². The van der Waals surface area contributed by atoms with Crippen molar-refractivity contribution in [1.29, 1.82) is 0 Å². The van der Waals surface area contributed by atoms with Crippen molar-refractivity contribution < 1.29 is 49.0 Å². The minimum Gasteiger partial charge on any atom is -1.00 e. The predicted molar refractivity (Wildman–Crippen MR) is 191 cm³/mol. The van der Waals surface area contributed by atoms with Crippen molar-refractivity contribution in [3.63, 3.8) is 0 Å². The molecular weight excluding hydrogens is 679 g/mol. The number of aryl methyl sites for hydroxylation is 4. The van der Waals surface area contributed by atoms with Crippen molar-refractivity contribution in [2.75, 3.05) is 0 Å². The largest absolute Gasteiger partial charge is 1.00 e. The van der Waals surface area contributed by atoms with Crippen LogP contribution in [0.4, 0.5) is 0 Å². The maximum atomic E-state index is 2.99. The van der Waals surface area contributed by atoms with E-state index in [1.165, 1.54) is 93.5 Å². The van der Waals surface area contributed by atoms with Gasteiger partial charge >= 0.3 is 112 Å². The molecule has 6 rings (SSSR count). The number of fused-ring (bicyclic) bond motifs is 3. The van der Waals surface area contributed by atoms with Gasteiger partial charge in [-0.25, -0.2) is 12.2 Å². The summed E-state index contributed by atoms with van der Waals surface area (Å²) in [6.45, 7) is 22.5. The molecule has 0 heterocycles. The molecule has 0 atom stereocenters. The summed E-state index contributed by atoms with van der Waals surface area (Å²) in [7, 11) is 0. The van der Waals surface area contributed by atoms with Crippen molar-refractivity contribution in [3.05, 3.63) is 148 Å². The Morgan fingerprint density at radius 3 is 1.30 bits per heavy atom. The number of benzene rings is 4. The van der Waals surface area contributed by atoms with Gasteiger partial charge in [-0.3, -0.25) is 6.08 Å². The van der Waals surface area contributed by atoms with E-state index in [4.69, 9.17) is 0 Å². The van der Waals surface area contributed by atoms with E-state index >= 15 is 0 Å². The first-order valence-corrected chi connectivity index (χ1v) is 17.0. The third-order valence-corrected chi connectivity index (χ3v) is 9.70. The maximum absolute atomic E-state index is 2.99. The molecule has 240 valence electrons. The second-order valence-corrected chi connectivity index (χ2v) is 15.5. The van der Waals surface area contributed by atoms with Crippen LogP contribution in [0.1, 0.15) is 92.5 Å². The zero-order valence-corrected chi connectivity index (χ0v) is 33.2. The molecular formula is C43H48Cl2Zr-2. The summed E-state index contributed by atoms with van der Waals surface area (Å²) < 4.78 is 1.42. The van der Waals surface area contributed by atoms with Crippen LogP contribution in [0.2, 0.25) is 0 Å². The molecule has 0 radical (unpaired) electrons. The van der Waals surface area contributed by atoms with Crippen molar-refractivity contribution in [2.45, 2.75) is 86.5 Å². The van der Waals surface area contributed by atoms with Crippen molar-refractivity contribution >= 4 is 24.8 Å². The molecule has 0 fully saturated rings. The summed E-state index contributed by atoms with van der Waals surface area (Å²) in [5.41, 5.74) is 11.4. The summed E-state index contributed by atoms with van der Waals surface area (Å²) >= 11 is 1.46. The molecule has 0 aromatic heterocycles. The van der Waals surface area contributed by atoms with Gasteiger partial charge in [-0.15, -0.1) is 46.2 Å². The number of hydrogen-bond acceptors (Lipinski definition) is 0. The molecule has 0 saturated carbocycles. The molecule has 3 heteroatoms. The summed E-state index contributed by atoms with van der Waals surface area (Å²) in [5.74, 6) is 0. The minimum absolute atomic E-state index is 0. The van der Waals surface area contributed by atoms with Crippen molar-refractivity contribution in [3.8, 4) is 0 Å². The molecule has 0 nitrogen and oxygen atoms in total. The van der Waals surface area contributed by atoms with Crippen LogP contribution in [0.15, 0.2) is 97.1 Å². The van der Waals surface area contributed by atoms with Crippen LogP contribution in [0.5, 0.6) is 0 Å². The molecule has 1 aliphatic carbocycles. The van der Waals surface area contributed by atoms with Crippen LogP contribution in [-0.2, 0) is 35.1 Å². The molecule has 0 saturated heterocycles. The number of halogens is 2. The standard InChI is InChI=1S/C23H29.C15H14.C5H5.2ClH.Zr/c1-14-9-16-11-17-10-15(2)21(23(6,7)8)13-19(17)18(16)12-20(14)22(3,4)5;1-12-3-7-14(8-4-12)11-15-9-5-13(2)6-10-15;1-2-4-5-3-1;;;/h9-13H,1-8H3;3-10H,1-2H3;1-3H,4H2;2*1H;/q-1;;-1;;;+2/p-2. The van der Waals surface area contributed by atoms with E-state index in [-0.39, 0.29) is 35.6 Å². The van der Waals surface area contributed by atoms with Gasteiger partial charge in [0.25, 0.3) is 0 Å². The van der Waals surface area contributed by atoms with E-state index in [9.17, 15) is 0 Å². The average molecular weight is 727 g/mol. The molecule has 0 N–H and O–H groups in total. The molecule has 5 aromatic rings. The molecule has 0 unspecified atom stereocenters. The van der Waals surface area contributed by atoms with Gasteiger partial charge in [0, 0.05) is 0 Å². The van der Waals surface area contributed by atoms with E-state index in [0.29, 0.717) is 0 Å². The molecule has 0 spiro atoms. The second-order valence-electron chi connectivity index (χ2n) is 14.3. The van der Waals surface area contributed by atoms with Gasteiger partial charge < -0.3 is 24.8 Å². The first-order chi connectivity index (χ1) is 20.6. The van der Waals surface area contributed by atoms with Gasteiger partial charge in [-0.05, 0) is 24.7 Å². The third-order valence-electron chi connectivity index (χ3n) is 8.28. The van der Waals surface area contributed by atoms with Gasteiger partial charge in [0.1, 0.15) is 0 Å². The van der Waals surface area contributed by atoms with Crippen LogP contribution in [-0.4, -0.2) is 3.21 Å². The van der Waals surface area contributed by atoms with Crippen LogP contribution < -0.4 is 24.8 Å². The fourth-order valence-electron chi connectivity index (χ4n) is 5.90. The first-order valence-electron chi connectivity index (χ1n) is 15.7. The topological polar surface area (TPSA) is 0 Å². The molecule has 46 heavy (non-hydrogen) atoms. The zero-order chi connectivity index (χ0) is 32.2. The monoisotopic (exact) mass is 724 g/mol. The van der Waals surface area contributed by atoms with Gasteiger partial charge in [0.05, 0.1) is 0 Å². The molecule has 1 aliphatic rings. The Labute approximate surface area is 305 Å². The Bertz CT molecular complexity index is 1690. The van der Waals surface area contributed by atoms with E-state index in [1.54, 1.807) is 0 Å². The Balaban J connectivity index is 0.000000278. The average Bonchev–Trinajstić information content (AvgIpc) is 3.63. The van der Waals surface area contributed by atoms with Gasteiger partial charge in [-0.1, -0.05) is 75.9 Å². The first kappa shape index (κ1) is 39.7.